The summed E-state index contributed by atoms with van der Waals surface area (Å²) in [5.41, 5.74) is 4.51. The van der Waals surface area contributed by atoms with Gasteiger partial charge in [0.25, 0.3) is 0 Å². The van der Waals surface area contributed by atoms with Gasteiger partial charge in [-0.05, 0) is 65.9 Å². The molecule has 0 amide bonds. The highest BCUT2D eigenvalue weighted by atomic mass is 32.2. The Morgan fingerprint density at radius 2 is 1.74 bits per heavy atom. The average Bonchev–Trinajstić information content (AvgIpc) is 2.67. The first kappa shape index (κ1) is 18.8. The number of aliphatic hydroxyl groups is 1. The lowest BCUT2D eigenvalue weighted by Gasteiger charge is -2.07. The molecule has 4 nitrogen and oxygen atoms in total. The molecule has 3 rings (SSSR count). The first-order chi connectivity index (χ1) is 13.0. The zero-order valence-corrected chi connectivity index (χ0v) is 15.7. The SMILES string of the molecule is Cc1cc(C#Cc2ccccn2)cc(-c2ccc(S(=O)(=O)CCO)cc2)c1. The van der Waals surface area contributed by atoms with Crippen molar-refractivity contribution in [2.24, 2.45) is 0 Å². The van der Waals surface area contributed by atoms with Crippen LogP contribution in [0.25, 0.3) is 11.1 Å². The van der Waals surface area contributed by atoms with Crippen LogP contribution in [0.2, 0.25) is 0 Å². The Morgan fingerprint density at radius 1 is 0.963 bits per heavy atom. The molecule has 3 aromatic rings. The van der Waals surface area contributed by atoms with Crippen LogP contribution in [0.1, 0.15) is 16.8 Å². The van der Waals surface area contributed by atoms with Crippen molar-refractivity contribution < 1.29 is 13.5 Å². The van der Waals surface area contributed by atoms with Gasteiger partial charge in [0, 0.05) is 11.8 Å². The van der Waals surface area contributed by atoms with Crippen molar-refractivity contribution in [1.29, 1.82) is 0 Å². The summed E-state index contributed by atoms with van der Waals surface area (Å²) in [6.45, 7) is 1.61. The van der Waals surface area contributed by atoms with Gasteiger partial charge in [-0.1, -0.05) is 30.2 Å². The van der Waals surface area contributed by atoms with Crippen LogP contribution in [0.15, 0.2) is 71.8 Å². The predicted octanol–water partition coefficient (Wildman–Crippen LogP) is 3.22. The Kier molecular flexibility index (Phi) is 5.70. The number of hydrogen-bond acceptors (Lipinski definition) is 4. The van der Waals surface area contributed by atoms with Crippen molar-refractivity contribution in [3.8, 4) is 23.0 Å². The lowest BCUT2D eigenvalue weighted by atomic mass is 10.0. The van der Waals surface area contributed by atoms with E-state index in [2.05, 4.69) is 16.8 Å². The van der Waals surface area contributed by atoms with Crippen molar-refractivity contribution in [3.05, 3.63) is 83.7 Å². The van der Waals surface area contributed by atoms with Crippen molar-refractivity contribution in [2.75, 3.05) is 12.4 Å². The second kappa shape index (κ2) is 8.17. The topological polar surface area (TPSA) is 67.3 Å². The molecular formula is C22H19NO3S. The summed E-state index contributed by atoms with van der Waals surface area (Å²) < 4.78 is 24.0. The van der Waals surface area contributed by atoms with E-state index in [9.17, 15) is 8.42 Å². The van der Waals surface area contributed by atoms with E-state index in [4.69, 9.17) is 5.11 Å². The molecule has 0 saturated carbocycles. The van der Waals surface area contributed by atoms with E-state index in [1.54, 1.807) is 30.5 Å². The number of rotatable bonds is 4. The molecule has 136 valence electrons. The van der Waals surface area contributed by atoms with Gasteiger partial charge in [-0.15, -0.1) is 0 Å². The van der Waals surface area contributed by atoms with Crippen molar-refractivity contribution in [1.82, 2.24) is 4.98 Å². The van der Waals surface area contributed by atoms with Gasteiger partial charge in [0.15, 0.2) is 9.84 Å². The lowest BCUT2D eigenvalue weighted by molar-refractivity contribution is 0.319. The summed E-state index contributed by atoms with van der Waals surface area (Å²) in [5.74, 6) is 5.90. The fraction of sp³-hybridized carbons (Fsp3) is 0.136. The van der Waals surface area contributed by atoms with Gasteiger partial charge in [0.2, 0.25) is 0 Å². The third-order valence-corrected chi connectivity index (χ3v) is 5.69. The molecule has 0 aliphatic heterocycles. The quantitative estimate of drug-likeness (QED) is 0.709. The number of aryl methyl sites for hydroxylation is 1. The molecule has 0 aliphatic carbocycles. The van der Waals surface area contributed by atoms with Crippen LogP contribution in [0.5, 0.6) is 0 Å². The second-order valence-corrected chi connectivity index (χ2v) is 8.23. The first-order valence-electron chi connectivity index (χ1n) is 8.47. The molecule has 1 heterocycles. The molecule has 0 radical (unpaired) electrons. The van der Waals surface area contributed by atoms with E-state index < -0.39 is 9.84 Å². The third-order valence-electron chi connectivity index (χ3n) is 3.98. The van der Waals surface area contributed by atoms with Gasteiger partial charge < -0.3 is 5.11 Å². The van der Waals surface area contributed by atoms with Crippen LogP contribution < -0.4 is 0 Å². The Labute approximate surface area is 159 Å². The summed E-state index contributed by atoms with van der Waals surface area (Å²) in [7, 11) is -3.44. The molecule has 0 saturated heterocycles. The highest BCUT2D eigenvalue weighted by molar-refractivity contribution is 7.91. The van der Waals surface area contributed by atoms with Crippen molar-refractivity contribution in [3.63, 3.8) is 0 Å². The van der Waals surface area contributed by atoms with E-state index in [-0.39, 0.29) is 17.3 Å². The van der Waals surface area contributed by atoms with Gasteiger partial charge in [-0.2, -0.15) is 0 Å². The minimum atomic E-state index is -3.44. The number of pyridine rings is 1. The van der Waals surface area contributed by atoms with E-state index in [0.29, 0.717) is 5.69 Å². The Morgan fingerprint density at radius 3 is 2.41 bits per heavy atom. The van der Waals surface area contributed by atoms with Crippen LogP contribution >= 0.6 is 0 Å². The third kappa shape index (κ3) is 4.82. The molecule has 27 heavy (non-hydrogen) atoms. The Hall–Kier alpha value is -2.94. The Bertz CT molecular complexity index is 1090. The van der Waals surface area contributed by atoms with Gasteiger partial charge in [0.1, 0.15) is 5.69 Å². The van der Waals surface area contributed by atoms with Gasteiger partial charge in [0.05, 0.1) is 17.3 Å². The first-order valence-corrected chi connectivity index (χ1v) is 10.1. The van der Waals surface area contributed by atoms with Crippen molar-refractivity contribution in [2.45, 2.75) is 11.8 Å². The zero-order chi connectivity index (χ0) is 19.3. The van der Waals surface area contributed by atoms with Crippen LogP contribution in [0.3, 0.4) is 0 Å². The van der Waals surface area contributed by atoms with Crippen LogP contribution in [0, 0.1) is 18.8 Å². The van der Waals surface area contributed by atoms with E-state index >= 15 is 0 Å². The molecule has 0 fully saturated rings. The zero-order valence-electron chi connectivity index (χ0n) is 14.9. The van der Waals surface area contributed by atoms with E-state index in [0.717, 1.165) is 22.3 Å². The monoisotopic (exact) mass is 377 g/mol. The molecule has 5 heteroatoms. The summed E-state index contributed by atoms with van der Waals surface area (Å²) >= 11 is 0. The number of sulfone groups is 1. The van der Waals surface area contributed by atoms with Crippen LogP contribution in [0.4, 0.5) is 0 Å². The normalized spacial score (nSPS) is 10.9. The largest absolute Gasteiger partial charge is 0.395 e. The molecule has 0 spiro atoms. The van der Waals surface area contributed by atoms with Gasteiger partial charge in [-0.3, -0.25) is 0 Å². The van der Waals surface area contributed by atoms with Gasteiger partial charge >= 0.3 is 0 Å². The molecule has 1 N–H and O–H groups in total. The van der Waals surface area contributed by atoms with Gasteiger partial charge in [-0.25, -0.2) is 13.4 Å². The molecule has 0 atom stereocenters. The standard InChI is InChI=1S/C22H19NO3S/c1-17-14-18(5-8-21-4-2-3-11-23-21)16-20(15-17)19-6-9-22(10-7-19)27(25,26)13-12-24/h2-4,6-7,9-11,14-16,24H,12-13H2,1H3. The highest BCUT2D eigenvalue weighted by Crippen LogP contribution is 2.24. The maximum absolute atomic E-state index is 12.0. The second-order valence-electron chi connectivity index (χ2n) is 6.12. The molecule has 2 aromatic carbocycles. The number of aliphatic hydroxyl groups excluding tert-OH is 1. The minimum absolute atomic E-state index is 0.211. The smallest absolute Gasteiger partial charge is 0.180 e. The molecule has 0 aliphatic rings. The summed E-state index contributed by atoms with van der Waals surface area (Å²) in [4.78, 5) is 4.41. The fourth-order valence-electron chi connectivity index (χ4n) is 2.69. The number of nitrogens with zero attached hydrogens (tertiary/aromatic N) is 1. The van der Waals surface area contributed by atoms with Crippen molar-refractivity contribution >= 4 is 9.84 Å². The predicted molar refractivity (Wildman–Crippen MR) is 106 cm³/mol. The minimum Gasteiger partial charge on any atom is -0.395 e. The average molecular weight is 377 g/mol. The highest BCUT2D eigenvalue weighted by Gasteiger charge is 2.13. The molecular weight excluding hydrogens is 358 g/mol. The maximum Gasteiger partial charge on any atom is 0.180 e. The number of benzene rings is 2. The molecule has 0 bridgehead atoms. The fourth-order valence-corrected chi connectivity index (χ4v) is 3.71. The summed E-state index contributed by atoms with van der Waals surface area (Å²) in [5, 5.41) is 8.89. The van der Waals surface area contributed by atoms with Crippen LogP contribution in [-0.2, 0) is 9.84 Å². The summed E-state index contributed by atoms with van der Waals surface area (Å²) in [6, 6.07) is 18.3. The van der Waals surface area contributed by atoms with Crippen LogP contribution in [-0.4, -0.2) is 30.9 Å². The number of aromatic nitrogens is 1. The van der Waals surface area contributed by atoms with E-state index in [1.165, 1.54) is 0 Å². The molecule has 1 aromatic heterocycles. The molecule has 0 unspecified atom stereocenters. The maximum atomic E-state index is 12.0. The number of hydrogen-bond donors (Lipinski definition) is 1. The summed E-state index contributed by atoms with van der Waals surface area (Å²) in [6.07, 6.45) is 1.71. The Balaban J connectivity index is 1.92. The lowest BCUT2D eigenvalue weighted by Crippen LogP contribution is -2.09. The van der Waals surface area contributed by atoms with E-state index in [1.807, 2.05) is 43.3 Å².